The Kier molecular flexibility index (Phi) is 4.71. The van der Waals surface area contributed by atoms with Crippen molar-refractivity contribution in [2.45, 2.75) is 19.3 Å². The zero-order valence-electron chi connectivity index (χ0n) is 12.9. The summed E-state index contributed by atoms with van der Waals surface area (Å²) in [4.78, 5) is 27.2. The Balaban J connectivity index is 1.69. The Morgan fingerprint density at radius 3 is 2.65 bits per heavy atom. The van der Waals surface area contributed by atoms with Crippen LogP contribution in [0.3, 0.4) is 0 Å². The number of pyridine rings is 1. The highest BCUT2D eigenvalue weighted by Crippen LogP contribution is 2.17. The second-order valence-electron chi connectivity index (χ2n) is 5.84. The van der Waals surface area contributed by atoms with E-state index in [-0.39, 0.29) is 17.0 Å². The van der Waals surface area contributed by atoms with Crippen molar-refractivity contribution in [2.24, 2.45) is 5.92 Å². The number of amides is 1. The van der Waals surface area contributed by atoms with E-state index >= 15 is 0 Å². The number of aromatic amines is 1. The number of allylic oxidation sites excluding steroid dienone is 2. The maximum Gasteiger partial charge on any atom is 0.261 e. The lowest BCUT2D eigenvalue weighted by molar-refractivity contribution is 0.0944. The fraction of sp³-hybridized carbons (Fsp3) is 0.263. The van der Waals surface area contributed by atoms with Gasteiger partial charge in [0.15, 0.2) is 0 Å². The molecule has 0 aliphatic heterocycles. The van der Waals surface area contributed by atoms with Crippen molar-refractivity contribution in [2.75, 3.05) is 6.54 Å². The Morgan fingerprint density at radius 2 is 1.96 bits per heavy atom. The molecular formula is C19H20N2O2. The van der Waals surface area contributed by atoms with Gasteiger partial charge in [0.25, 0.3) is 11.5 Å². The summed E-state index contributed by atoms with van der Waals surface area (Å²) < 4.78 is 0. The van der Waals surface area contributed by atoms with Crippen LogP contribution in [0.15, 0.2) is 59.4 Å². The first-order valence-corrected chi connectivity index (χ1v) is 7.96. The van der Waals surface area contributed by atoms with Crippen molar-refractivity contribution in [1.82, 2.24) is 10.3 Å². The first kappa shape index (κ1) is 15.3. The lowest BCUT2D eigenvalue weighted by Gasteiger charge is -2.17. The molecule has 2 aromatic rings. The fourth-order valence-corrected chi connectivity index (χ4v) is 2.81. The van der Waals surface area contributed by atoms with Crippen molar-refractivity contribution in [1.29, 1.82) is 0 Å². The van der Waals surface area contributed by atoms with E-state index in [9.17, 15) is 9.59 Å². The number of benzene rings is 1. The summed E-state index contributed by atoms with van der Waals surface area (Å²) in [5, 5.41) is 2.88. The number of H-pyrrole nitrogens is 1. The predicted octanol–water partition coefficient (Wildman–Crippen LogP) is 3.13. The monoisotopic (exact) mass is 308 g/mol. The Labute approximate surface area is 135 Å². The molecular weight excluding hydrogens is 288 g/mol. The molecule has 118 valence electrons. The molecule has 1 amide bonds. The molecule has 2 N–H and O–H groups in total. The van der Waals surface area contributed by atoms with E-state index in [0.717, 1.165) is 24.8 Å². The molecule has 1 atom stereocenters. The molecule has 0 radical (unpaired) electrons. The van der Waals surface area contributed by atoms with Crippen molar-refractivity contribution in [3.05, 3.63) is 70.5 Å². The average molecular weight is 308 g/mol. The Hall–Kier alpha value is -2.62. The number of hydrogen-bond donors (Lipinski definition) is 2. The van der Waals surface area contributed by atoms with Gasteiger partial charge in [-0.1, -0.05) is 42.5 Å². The molecule has 3 rings (SSSR count). The largest absolute Gasteiger partial charge is 0.352 e. The van der Waals surface area contributed by atoms with Crippen LogP contribution in [0.5, 0.6) is 0 Å². The Morgan fingerprint density at radius 1 is 1.13 bits per heavy atom. The smallest absolute Gasteiger partial charge is 0.261 e. The highest BCUT2D eigenvalue weighted by Gasteiger charge is 2.14. The third-order valence-corrected chi connectivity index (χ3v) is 4.17. The zero-order chi connectivity index (χ0) is 16.1. The molecule has 0 spiro atoms. The summed E-state index contributed by atoms with van der Waals surface area (Å²) in [6.45, 7) is 0.614. The van der Waals surface area contributed by atoms with E-state index in [2.05, 4.69) is 22.5 Å². The SMILES string of the molecule is O=C(NC[C@H]1CC=CCC1)c1ccc(-c2ccccc2)[nH]c1=O. The minimum atomic E-state index is -0.354. The Bertz CT molecular complexity index is 762. The van der Waals surface area contributed by atoms with Crippen molar-refractivity contribution < 1.29 is 4.79 Å². The second kappa shape index (κ2) is 7.09. The predicted molar refractivity (Wildman–Crippen MR) is 91.3 cm³/mol. The standard InChI is InChI=1S/C19H20N2O2/c22-18(20-13-14-7-3-1-4-8-14)16-11-12-17(21-19(16)23)15-9-5-2-6-10-15/h1-3,5-6,9-12,14H,4,7-8,13H2,(H,20,22)(H,21,23)/t14-/m0/s1. The number of hydrogen-bond acceptors (Lipinski definition) is 2. The van der Waals surface area contributed by atoms with Crippen LogP contribution < -0.4 is 10.9 Å². The number of nitrogens with one attached hydrogen (secondary N) is 2. The van der Waals surface area contributed by atoms with E-state index in [1.165, 1.54) is 0 Å². The van der Waals surface area contributed by atoms with E-state index < -0.39 is 0 Å². The number of aromatic nitrogens is 1. The van der Waals surface area contributed by atoms with Gasteiger partial charge in [-0.05, 0) is 42.9 Å². The minimum absolute atomic E-state index is 0.163. The summed E-state index contributed by atoms with van der Waals surface area (Å²) in [5.74, 6) is 0.159. The van der Waals surface area contributed by atoms with E-state index in [1.54, 1.807) is 12.1 Å². The maximum absolute atomic E-state index is 12.2. The van der Waals surface area contributed by atoms with Crippen LogP contribution in [-0.4, -0.2) is 17.4 Å². The third-order valence-electron chi connectivity index (χ3n) is 4.17. The molecule has 1 aliphatic rings. The molecule has 1 heterocycles. The summed E-state index contributed by atoms with van der Waals surface area (Å²) >= 11 is 0. The summed E-state index contributed by atoms with van der Waals surface area (Å²) in [7, 11) is 0. The van der Waals surface area contributed by atoms with Gasteiger partial charge in [-0.25, -0.2) is 0 Å². The van der Waals surface area contributed by atoms with Crippen LogP contribution >= 0.6 is 0 Å². The van der Waals surface area contributed by atoms with Gasteiger partial charge in [-0.15, -0.1) is 0 Å². The quantitative estimate of drug-likeness (QED) is 0.852. The van der Waals surface area contributed by atoms with E-state index in [4.69, 9.17) is 0 Å². The van der Waals surface area contributed by atoms with Crippen LogP contribution in [0.2, 0.25) is 0 Å². The van der Waals surface area contributed by atoms with Crippen LogP contribution in [0, 0.1) is 5.92 Å². The average Bonchev–Trinajstić information content (AvgIpc) is 2.61. The molecule has 4 heteroatoms. The minimum Gasteiger partial charge on any atom is -0.352 e. The molecule has 0 saturated heterocycles. The van der Waals surface area contributed by atoms with Crippen LogP contribution in [-0.2, 0) is 0 Å². The summed E-state index contributed by atoms with van der Waals surface area (Å²) in [6, 6.07) is 12.9. The number of carbonyl (C=O) groups is 1. The van der Waals surface area contributed by atoms with Gasteiger partial charge in [0, 0.05) is 12.2 Å². The number of carbonyl (C=O) groups excluding carboxylic acids is 1. The highest BCUT2D eigenvalue weighted by atomic mass is 16.2. The van der Waals surface area contributed by atoms with E-state index in [0.29, 0.717) is 18.2 Å². The molecule has 4 nitrogen and oxygen atoms in total. The lowest BCUT2D eigenvalue weighted by Crippen LogP contribution is -2.33. The van der Waals surface area contributed by atoms with Gasteiger partial charge in [-0.3, -0.25) is 9.59 Å². The maximum atomic E-state index is 12.2. The molecule has 1 aromatic carbocycles. The van der Waals surface area contributed by atoms with Gasteiger partial charge in [0.05, 0.1) is 0 Å². The topological polar surface area (TPSA) is 62.0 Å². The first-order chi connectivity index (χ1) is 11.2. The van der Waals surface area contributed by atoms with Crippen molar-refractivity contribution in [3.8, 4) is 11.3 Å². The highest BCUT2D eigenvalue weighted by molar-refractivity contribution is 5.94. The third kappa shape index (κ3) is 3.77. The molecule has 0 bridgehead atoms. The molecule has 0 fully saturated rings. The summed E-state index contributed by atoms with van der Waals surface area (Å²) in [5.41, 5.74) is 1.44. The van der Waals surface area contributed by atoms with Gasteiger partial charge in [0.1, 0.15) is 5.56 Å². The fourth-order valence-electron chi connectivity index (χ4n) is 2.81. The molecule has 0 unspecified atom stereocenters. The van der Waals surface area contributed by atoms with Crippen LogP contribution in [0.1, 0.15) is 29.6 Å². The van der Waals surface area contributed by atoms with Crippen LogP contribution in [0.4, 0.5) is 0 Å². The normalized spacial score (nSPS) is 17.0. The number of rotatable bonds is 4. The summed E-state index contributed by atoms with van der Waals surface area (Å²) in [6.07, 6.45) is 7.46. The molecule has 1 aliphatic carbocycles. The zero-order valence-corrected chi connectivity index (χ0v) is 12.9. The first-order valence-electron chi connectivity index (χ1n) is 7.96. The molecule has 1 aromatic heterocycles. The van der Waals surface area contributed by atoms with Gasteiger partial charge < -0.3 is 10.3 Å². The van der Waals surface area contributed by atoms with Crippen molar-refractivity contribution in [3.63, 3.8) is 0 Å². The van der Waals surface area contributed by atoms with E-state index in [1.807, 2.05) is 30.3 Å². The second-order valence-corrected chi connectivity index (χ2v) is 5.84. The lowest BCUT2D eigenvalue weighted by atomic mass is 9.94. The van der Waals surface area contributed by atoms with Crippen molar-refractivity contribution >= 4 is 5.91 Å². The molecule has 23 heavy (non-hydrogen) atoms. The van der Waals surface area contributed by atoms with Crippen LogP contribution in [0.25, 0.3) is 11.3 Å². The van der Waals surface area contributed by atoms with Gasteiger partial charge >= 0.3 is 0 Å². The molecule has 0 saturated carbocycles. The van der Waals surface area contributed by atoms with Gasteiger partial charge in [-0.2, -0.15) is 0 Å². The van der Waals surface area contributed by atoms with Gasteiger partial charge in [0.2, 0.25) is 0 Å².